The van der Waals surface area contributed by atoms with Crippen LogP contribution in [0.5, 0.6) is 5.75 Å². The Hall–Kier alpha value is -5.88. The van der Waals surface area contributed by atoms with Gasteiger partial charge in [-0.25, -0.2) is 9.97 Å². The lowest BCUT2D eigenvalue weighted by atomic mass is 9.72. The molecule has 12 heteroatoms. The molecule has 5 atom stereocenters. The average Bonchev–Trinajstić information content (AvgIpc) is 3.95. The smallest absolute Gasteiger partial charge is 0.249 e. The number of ether oxygens (including phenoxy) is 1. The van der Waals surface area contributed by atoms with Gasteiger partial charge in [0, 0.05) is 51.5 Å². The zero-order valence-corrected chi connectivity index (χ0v) is 28.9. The fourth-order valence-corrected chi connectivity index (χ4v) is 8.42. The van der Waals surface area contributed by atoms with E-state index in [1.807, 2.05) is 50.4 Å². The summed E-state index contributed by atoms with van der Waals surface area (Å²) in [6.45, 7) is 7.44. The number of aliphatic hydroxyl groups is 1. The number of oxazole rings is 2. The van der Waals surface area contributed by atoms with E-state index in [0.29, 0.717) is 23.0 Å². The Morgan fingerprint density at radius 1 is 1.00 bits per heavy atom. The summed E-state index contributed by atoms with van der Waals surface area (Å²) in [5.41, 5.74) is 6.61. The van der Waals surface area contributed by atoms with Gasteiger partial charge in [-0.2, -0.15) is 0 Å². The molecule has 10 bridgehead atoms. The van der Waals surface area contributed by atoms with Crippen LogP contribution in [0.25, 0.3) is 44.9 Å². The second-order valence-corrected chi connectivity index (χ2v) is 14.9. The maximum atomic E-state index is 14.1. The van der Waals surface area contributed by atoms with E-state index in [-0.39, 0.29) is 30.0 Å². The van der Waals surface area contributed by atoms with E-state index in [4.69, 9.17) is 23.5 Å². The van der Waals surface area contributed by atoms with Gasteiger partial charge in [0.25, 0.3) is 0 Å². The maximum Gasteiger partial charge on any atom is 0.249 e. The monoisotopic (exact) mass is 696 g/mol. The van der Waals surface area contributed by atoms with Gasteiger partial charge in [-0.3, -0.25) is 9.59 Å². The molecule has 0 radical (unpaired) electrons. The second-order valence-electron chi connectivity index (χ2n) is 14.9. The number of para-hydroxylation sites is 1. The first-order chi connectivity index (χ1) is 25.1. The normalized spacial score (nSPS) is 22.6. The summed E-state index contributed by atoms with van der Waals surface area (Å²) >= 11 is 0. The Morgan fingerprint density at radius 3 is 2.65 bits per heavy atom. The summed E-state index contributed by atoms with van der Waals surface area (Å²) in [7, 11) is 0. The van der Waals surface area contributed by atoms with Crippen LogP contribution in [0.2, 0.25) is 0 Å². The SMILES string of the molecule is CC(C)[C@H](O)C(=O)N[C@H]1Cc2ccc3c(c2)[C@]24c5cccc(c5NC2O3)-c2cccc3[nH]cc(c23)-c2cnc(o2)-c2nc(oc24)[C@H](C(C)C)NC1=O. The van der Waals surface area contributed by atoms with E-state index < -0.39 is 41.6 Å². The van der Waals surface area contributed by atoms with Crippen LogP contribution in [0.15, 0.2) is 75.8 Å². The van der Waals surface area contributed by atoms with Crippen LogP contribution in [0.4, 0.5) is 5.69 Å². The van der Waals surface area contributed by atoms with E-state index >= 15 is 0 Å². The van der Waals surface area contributed by atoms with Crippen LogP contribution in [0.3, 0.4) is 0 Å². The molecule has 7 heterocycles. The molecule has 5 N–H and O–H groups in total. The summed E-state index contributed by atoms with van der Waals surface area (Å²) in [6, 6.07) is 16.6. The van der Waals surface area contributed by atoms with Crippen molar-refractivity contribution in [2.45, 2.75) is 63.9 Å². The molecule has 4 aliphatic heterocycles. The number of amides is 2. The van der Waals surface area contributed by atoms with Gasteiger partial charge in [0.2, 0.25) is 23.6 Å². The van der Waals surface area contributed by atoms with Crippen molar-refractivity contribution in [3.05, 3.63) is 95.3 Å². The van der Waals surface area contributed by atoms with Gasteiger partial charge >= 0.3 is 0 Å². The van der Waals surface area contributed by atoms with Crippen molar-refractivity contribution in [1.29, 1.82) is 0 Å². The molecule has 0 saturated heterocycles. The van der Waals surface area contributed by atoms with E-state index in [0.717, 1.165) is 50.0 Å². The number of carbonyl (C=O) groups excluding carboxylic acids is 2. The summed E-state index contributed by atoms with van der Waals surface area (Å²) < 4.78 is 20.4. The predicted octanol–water partition coefficient (Wildman–Crippen LogP) is 5.81. The molecule has 3 aromatic heterocycles. The standard InChI is InChI=1S/C40H36N6O6/c1-17(2)30-38-45-32-34(52-38)40-23-9-5-8-21(20-7-6-10-25-29(20)22(15-41-25)28-16-42-37(32)50-28)31(23)46-39(40)51-27-12-11-19(13-24(27)40)14-26(35(48)44-30)43-36(49)33(47)18(3)4/h5-13,15-18,26,30,33,39,41,46-47H,14H2,1-4H3,(H,43,49)(H,44,48)/t26-,30-,33-,39?,40-/m0/s1. The molecule has 52 heavy (non-hydrogen) atoms. The maximum absolute atomic E-state index is 14.1. The van der Waals surface area contributed by atoms with E-state index in [1.54, 1.807) is 20.0 Å². The minimum atomic E-state index is -1.28. The molecule has 2 amide bonds. The van der Waals surface area contributed by atoms with Crippen molar-refractivity contribution < 1.29 is 28.3 Å². The Kier molecular flexibility index (Phi) is 6.43. The minimum Gasteiger partial charge on any atom is -0.469 e. The second kappa shape index (κ2) is 10.8. The number of rotatable bonds is 4. The first-order valence-corrected chi connectivity index (χ1v) is 17.7. The van der Waals surface area contributed by atoms with Crippen LogP contribution in [-0.2, 0) is 21.4 Å². The number of hydrogen-bond acceptors (Lipinski definition) is 9. The van der Waals surface area contributed by atoms with Crippen molar-refractivity contribution in [2.75, 3.05) is 5.32 Å². The fourth-order valence-electron chi connectivity index (χ4n) is 8.42. The van der Waals surface area contributed by atoms with Crippen molar-refractivity contribution in [3.8, 4) is 39.8 Å². The average molecular weight is 697 g/mol. The molecule has 262 valence electrons. The van der Waals surface area contributed by atoms with Crippen LogP contribution in [0.1, 0.15) is 62.1 Å². The molecule has 0 aliphatic carbocycles. The molecule has 0 fully saturated rings. The van der Waals surface area contributed by atoms with Crippen LogP contribution < -0.4 is 20.7 Å². The molecule has 4 aliphatic rings. The number of nitrogens with one attached hydrogen (secondary N) is 4. The van der Waals surface area contributed by atoms with Crippen molar-refractivity contribution >= 4 is 28.4 Å². The summed E-state index contributed by atoms with van der Waals surface area (Å²) in [4.78, 5) is 40.6. The largest absolute Gasteiger partial charge is 0.469 e. The Labute approximate surface area is 298 Å². The number of benzene rings is 3. The third-order valence-corrected chi connectivity index (χ3v) is 11.0. The number of aliphatic hydroxyl groups excluding tert-OH is 1. The fraction of sp³-hybridized carbons (Fsp3) is 0.300. The highest BCUT2D eigenvalue weighted by atomic mass is 16.5. The number of carbonyl (C=O) groups is 2. The molecule has 3 aromatic carbocycles. The highest BCUT2D eigenvalue weighted by molar-refractivity contribution is 6.07. The van der Waals surface area contributed by atoms with Crippen LogP contribution in [0, 0.1) is 11.8 Å². The van der Waals surface area contributed by atoms with Gasteiger partial charge in [0.15, 0.2) is 23.4 Å². The third-order valence-electron chi connectivity index (χ3n) is 11.0. The summed E-state index contributed by atoms with van der Waals surface area (Å²) in [6.07, 6.45) is 1.90. The summed E-state index contributed by atoms with van der Waals surface area (Å²) in [5.74, 6) is 0.694. The molecule has 12 nitrogen and oxygen atoms in total. The number of anilines is 1. The molecule has 1 spiro atoms. The number of aromatic amines is 1. The van der Waals surface area contributed by atoms with E-state index in [9.17, 15) is 14.7 Å². The van der Waals surface area contributed by atoms with Crippen LogP contribution in [-0.4, -0.2) is 50.2 Å². The van der Waals surface area contributed by atoms with Gasteiger partial charge in [-0.15, -0.1) is 0 Å². The first kappa shape index (κ1) is 30.9. The van der Waals surface area contributed by atoms with Gasteiger partial charge < -0.3 is 39.6 Å². The van der Waals surface area contributed by atoms with Gasteiger partial charge in [-0.1, -0.05) is 70.2 Å². The molecule has 10 rings (SSSR count). The number of H-pyrrole nitrogens is 1. The van der Waals surface area contributed by atoms with Gasteiger partial charge in [-0.05, 0) is 35.1 Å². The van der Waals surface area contributed by atoms with Crippen molar-refractivity contribution in [2.24, 2.45) is 11.8 Å². The minimum absolute atomic E-state index is 0.169. The number of hydrogen-bond donors (Lipinski definition) is 5. The quantitative estimate of drug-likeness (QED) is 0.153. The lowest BCUT2D eigenvalue weighted by Gasteiger charge is -2.29. The zero-order valence-electron chi connectivity index (χ0n) is 28.9. The van der Waals surface area contributed by atoms with Crippen molar-refractivity contribution in [1.82, 2.24) is 25.6 Å². The molecular formula is C40H36N6O6. The third kappa shape index (κ3) is 4.12. The zero-order chi connectivity index (χ0) is 35.6. The van der Waals surface area contributed by atoms with E-state index in [1.165, 1.54) is 0 Å². The van der Waals surface area contributed by atoms with Crippen LogP contribution >= 0.6 is 0 Å². The first-order valence-electron chi connectivity index (χ1n) is 17.7. The predicted molar refractivity (Wildman–Crippen MR) is 191 cm³/mol. The number of nitrogens with zero attached hydrogens (tertiary/aromatic N) is 2. The Morgan fingerprint density at radius 2 is 1.83 bits per heavy atom. The molecular weight excluding hydrogens is 660 g/mol. The van der Waals surface area contributed by atoms with Crippen molar-refractivity contribution in [3.63, 3.8) is 0 Å². The molecule has 0 saturated carbocycles. The molecule has 1 unspecified atom stereocenters. The molecule has 6 aromatic rings. The topological polar surface area (TPSA) is 168 Å². The highest BCUT2D eigenvalue weighted by Gasteiger charge is 2.61. The lowest BCUT2D eigenvalue weighted by molar-refractivity contribution is -0.135. The Balaban J connectivity index is 1.28. The summed E-state index contributed by atoms with van der Waals surface area (Å²) in [5, 5.41) is 21.3. The van der Waals surface area contributed by atoms with Gasteiger partial charge in [0.1, 0.15) is 29.4 Å². The number of aromatic nitrogens is 3. The highest BCUT2D eigenvalue weighted by Crippen LogP contribution is 2.61. The lowest BCUT2D eigenvalue weighted by Crippen LogP contribution is -2.52. The van der Waals surface area contributed by atoms with Gasteiger partial charge in [0.05, 0.1) is 6.20 Å². The Bertz CT molecular complexity index is 2480. The van der Waals surface area contributed by atoms with E-state index in [2.05, 4.69) is 45.2 Å². The number of fused-ring (bicyclic) bond motifs is 7.